The molecule has 0 saturated carbocycles. The fraction of sp³-hybridized carbons (Fsp3) is 0.435. The Morgan fingerprint density at radius 1 is 1.07 bits per heavy atom. The highest BCUT2D eigenvalue weighted by atomic mass is 16.5. The molecule has 0 heterocycles. The van der Waals surface area contributed by atoms with Crippen LogP contribution < -0.4 is 14.8 Å². The van der Waals surface area contributed by atoms with Crippen LogP contribution in [0.1, 0.15) is 48.6 Å². The SMILES string of the molecule is COc1ccc([C@@H](CC(C)C)NC(=O)COc2cc(C)cc(C)c2C)cc1. The van der Waals surface area contributed by atoms with Gasteiger partial charge in [0, 0.05) is 0 Å². The lowest BCUT2D eigenvalue weighted by molar-refractivity contribution is -0.124. The van der Waals surface area contributed by atoms with E-state index in [4.69, 9.17) is 9.47 Å². The van der Waals surface area contributed by atoms with Crippen molar-refractivity contribution < 1.29 is 14.3 Å². The number of carbonyl (C=O) groups is 1. The second-order valence-electron chi connectivity index (χ2n) is 7.52. The summed E-state index contributed by atoms with van der Waals surface area (Å²) >= 11 is 0. The van der Waals surface area contributed by atoms with Gasteiger partial charge in [0.05, 0.1) is 13.2 Å². The zero-order valence-electron chi connectivity index (χ0n) is 17.3. The summed E-state index contributed by atoms with van der Waals surface area (Å²) in [5, 5.41) is 3.12. The van der Waals surface area contributed by atoms with Crippen LogP contribution in [0.4, 0.5) is 0 Å². The molecule has 4 nitrogen and oxygen atoms in total. The standard InChI is InChI=1S/C23H31NO3/c1-15(2)11-21(19-7-9-20(26-6)10-8-19)24-23(25)14-27-22-13-16(3)12-17(4)18(22)5/h7-10,12-13,15,21H,11,14H2,1-6H3,(H,24,25)/t21-/m1/s1. The van der Waals surface area contributed by atoms with Crippen LogP contribution in [0, 0.1) is 26.7 Å². The molecule has 4 heteroatoms. The minimum atomic E-state index is -0.116. The molecular formula is C23H31NO3. The van der Waals surface area contributed by atoms with Crippen molar-refractivity contribution in [2.45, 2.75) is 47.1 Å². The van der Waals surface area contributed by atoms with Crippen LogP contribution in [-0.2, 0) is 4.79 Å². The van der Waals surface area contributed by atoms with Gasteiger partial charge in [-0.2, -0.15) is 0 Å². The Labute approximate surface area is 162 Å². The molecule has 0 aliphatic rings. The average Bonchev–Trinajstić information content (AvgIpc) is 2.62. The van der Waals surface area contributed by atoms with Gasteiger partial charge in [-0.25, -0.2) is 0 Å². The number of amides is 1. The lowest BCUT2D eigenvalue weighted by Gasteiger charge is -2.22. The molecule has 1 N–H and O–H groups in total. The Kier molecular flexibility index (Phi) is 7.28. The van der Waals surface area contributed by atoms with Gasteiger partial charge in [-0.05, 0) is 73.6 Å². The third-order valence-electron chi connectivity index (χ3n) is 4.68. The summed E-state index contributed by atoms with van der Waals surface area (Å²) in [5.74, 6) is 1.92. The van der Waals surface area contributed by atoms with Crippen LogP contribution in [0.15, 0.2) is 36.4 Å². The summed E-state index contributed by atoms with van der Waals surface area (Å²) in [7, 11) is 1.65. The zero-order valence-corrected chi connectivity index (χ0v) is 17.3. The van der Waals surface area contributed by atoms with E-state index < -0.39 is 0 Å². The van der Waals surface area contributed by atoms with Crippen molar-refractivity contribution in [3.8, 4) is 11.5 Å². The molecule has 0 spiro atoms. The lowest BCUT2D eigenvalue weighted by Crippen LogP contribution is -2.33. The fourth-order valence-corrected chi connectivity index (χ4v) is 3.12. The largest absolute Gasteiger partial charge is 0.497 e. The van der Waals surface area contributed by atoms with Gasteiger partial charge in [0.15, 0.2) is 6.61 Å². The maximum atomic E-state index is 12.5. The van der Waals surface area contributed by atoms with Gasteiger partial charge in [0.1, 0.15) is 11.5 Å². The van der Waals surface area contributed by atoms with E-state index in [1.165, 1.54) is 5.56 Å². The second-order valence-corrected chi connectivity index (χ2v) is 7.52. The molecule has 2 aromatic carbocycles. The summed E-state index contributed by atoms with van der Waals surface area (Å²) in [5.41, 5.74) is 4.44. The van der Waals surface area contributed by atoms with Crippen LogP contribution in [0.3, 0.4) is 0 Å². The average molecular weight is 370 g/mol. The molecule has 0 aliphatic carbocycles. The van der Waals surface area contributed by atoms with E-state index >= 15 is 0 Å². The van der Waals surface area contributed by atoms with Gasteiger partial charge in [-0.3, -0.25) is 4.79 Å². The number of nitrogens with one attached hydrogen (secondary N) is 1. The first-order chi connectivity index (χ1) is 12.8. The molecule has 0 aromatic heterocycles. The van der Waals surface area contributed by atoms with E-state index in [0.29, 0.717) is 5.92 Å². The van der Waals surface area contributed by atoms with Crippen LogP contribution in [-0.4, -0.2) is 19.6 Å². The highest BCUT2D eigenvalue weighted by Crippen LogP contribution is 2.25. The molecule has 0 bridgehead atoms. The number of methoxy groups -OCH3 is 1. The van der Waals surface area contributed by atoms with Gasteiger partial charge in [0.2, 0.25) is 0 Å². The Morgan fingerprint density at radius 3 is 2.33 bits per heavy atom. The highest BCUT2D eigenvalue weighted by Gasteiger charge is 2.17. The van der Waals surface area contributed by atoms with E-state index in [0.717, 1.165) is 34.6 Å². The monoisotopic (exact) mass is 369 g/mol. The summed E-state index contributed by atoms with van der Waals surface area (Å²) in [6.07, 6.45) is 0.862. The van der Waals surface area contributed by atoms with Crippen molar-refractivity contribution in [3.63, 3.8) is 0 Å². The Balaban J connectivity index is 2.05. The molecule has 1 amide bonds. The first kappa shape index (κ1) is 20.8. The van der Waals surface area contributed by atoms with Crippen molar-refractivity contribution in [1.29, 1.82) is 0 Å². The van der Waals surface area contributed by atoms with Gasteiger partial charge in [0.25, 0.3) is 5.91 Å². The van der Waals surface area contributed by atoms with Crippen molar-refractivity contribution in [1.82, 2.24) is 5.32 Å². The molecule has 0 saturated heterocycles. The molecule has 27 heavy (non-hydrogen) atoms. The first-order valence-electron chi connectivity index (χ1n) is 9.44. The van der Waals surface area contributed by atoms with E-state index in [9.17, 15) is 4.79 Å². The lowest BCUT2D eigenvalue weighted by atomic mass is 9.97. The summed E-state index contributed by atoms with van der Waals surface area (Å²) in [6.45, 7) is 10.4. The van der Waals surface area contributed by atoms with Crippen LogP contribution in [0.25, 0.3) is 0 Å². The highest BCUT2D eigenvalue weighted by molar-refractivity contribution is 5.78. The summed E-state index contributed by atoms with van der Waals surface area (Å²) in [6, 6.07) is 11.9. The molecule has 2 rings (SSSR count). The zero-order chi connectivity index (χ0) is 20.0. The third-order valence-corrected chi connectivity index (χ3v) is 4.68. The molecule has 0 aliphatic heterocycles. The van der Waals surface area contributed by atoms with Gasteiger partial charge >= 0.3 is 0 Å². The number of rotatable bonds is 8. The summed E-state index contributed by atoms with van der Waals surface area (Å²) < 4.78 is 11.0. The van der Waals surface area contributed by atoms with E-state index in [1.54, 1.807) is 7.11 Å². The number of ether oxygens (including phenoxy) is 2. The predicted octanol–water partition coefficient (Wildman–Crippen LogP) is 4.90. The number of benzene rings is 2. The van der Waals surface area contributed by atoms with Crippen LogP contribution in [0.5, 0.6) is 11.5 Å². The van der Waals surface area contributed by atoms with Crippen molar-refractivity contribution in [3.05, 3.63) is 58.7 Å². The fourth-order valence-electron chi connectivity index (χ4n) is 3.12. The molecular weight excluding hydrogens is 338 g/mol. The summed E-state index contributed by atoms with van der Waals surface area (Å²) in [4.78, 5) is 12.5. The van der Waals surface area contributed by atoms with Gasteiger partial charge in [-0.1, -0.05) is 32.0 Å². The predicted molar refractivity (Wildman–Crippen MR) is 109 cm³/mol. The molecule has 0 radical (unpaired) electrons. The van der Waals surface area contributed by atoms with Gasteiger partial charge in [-0.15, -0.1) is 0 Å². The maximum Gasteiger partial charge on any atom is 0.258 e. The molecule has 0 unspecified atom stereocenters. The maximum absolute atomic E-state index is 12.5. The smallest absolute Gasteiger partial charge is 0.258 e. The van der Waals surface area contributed by atoms with Gasteiger partial charge < -0.3 is 14.8 Å². The number of carbonyl (C=O) groups excluding carboxylic acids is 1. The van der Waals surface area contributed by atoms with E-state index in [-0.39, 0.29) is 18.6 Å². The Hall–Kier alpha value is -2.49. The normalized spacial score (nSPS) is 12.0. The minimum Gasteiger partial charge on any atom is -0.497 e. The molecule has 146 valence electrons. The minimum absolute atomic E-state index is 0.00842. The second kappa shape index (κ2) is 9.45. The third kappa shape index (κ3) is 6.02. The van der Waals surface area contributed by atoms with Crippen molar-refractivity contribution >= 4 is 5.91 Å². The molecule has 1 atom stereocenters. The number of aryl methyl sites for hydroxylation is 2. The van der Waals surface area contributed by atoms with Crippen LogP contribution in [0.2, 0.25) is 0 Å². The number of hydrogen-bond donors (Lipinski definition) is 1. The van der Waals surface area contributed by atoms with Crippen molar-refractivity contribution in [2.24, 2.45) is 5.92 Å². The number of hydrogen-bond acceptors (Lipinski definition) is 3. The molecule has 2 aromatic rings. The van der Waals surface area contributed by atoms with Crippen LogP contribution >= 0.6 is 0 Å². The molecule has 0 fully saturated rings. The Bertz CT molecular complexity index is 766. The van der Waals surface area contributed by atoms with E-state index in [2.05, 4.69) is 32.2 Å². The van der Waals surface area contributed by atoms with Crippen molar-refractivity contribution in [2.75, 3.05) is 13.7 Å². The Morgan fingerprint density at radius 2 is 1.74 bits per heavy atom. The first-order valence-corrected chi connectivity index (χ1v) is 9.44. The quantitative estimate of drug-likeness (QED) is 0.720. The van der Waals surface area contributed by atoms with E-state index in [1.807, 2.05) is 44.2 Å². The topological polar surface area (TPSA) is 47.6 Å².